The molecule has 2 aliphatic rings. The zero-order valence-electron chi connectivity index (χ0n) is 27.1. The van der Waals surface area contributed by atoms with Crippen LogP contribution in [0.3, 0.4) is 0 Å². The van der Waals surface area contributed by atoms with Crippen LogP contribution in [0.15, 0.2) is 102 Å². The monoisotopic (exact) mass is 638 g/mol. The van der Waals surface area contributed by atoms with E-state index < -0.39 is 0 Å². The minimum Gasteiger partial charge on any atom is -0.311 e. The molecule has 0 spiro atoms. The van der Waals surface area contributed by atoms with Crippen molar-refractivity contribution in [3.8, 4) is 0 Å². The molecule has 2 nitrogen and oxygen atoms in total. The van der Waals surface area contributed by atoms with Gasteiger partial charge in [-0.3, -0.25) is 0 Å². The van der Waals surface area contributed by atoms with Gasteiger partial charge in [-0.05, 0) is 117 Å². The molecule has 0 aliphatic carbocycles. The number of anilines is 6. The van der Waals surface area contributed by atoms with Crippen molar-refractivity contribution in [2.24, 2.45) is 0 Å². The number of benzene rings is 5. The first-order valence-corrected chi connectivity index (χ1v) is 16.5. The summed E-state index contributed by atoms with van der Waals surface area (Å²) in [6.07, 6.45) is 0. The zero-order valence-corrected chi connectivity index (χ0v) is 28.7. The van der Waals surface area contributed by atoms with Crippen LogP contribution in [0.4, 0.5) is 34.1 Å². The van der Waals surface area contributed by atoms with Gasteiger partial charge in [0, 0.05) is 32.9 Å². The normalized spacial score (nSPS) is 13.9. The Labute approximate surface area is 272 Å². The Kier molecular flexibility index (Phi) is 6.68. The second kappa shape index (κ2) is 10.1. The molecule has 2 heterocycles. The van der Waals surface area contributed by atoms with Crippen LogP contribution in [0.25, 0.3) is 0 Å². The van der Waals surface area contributed by atoms with E-state index in [1.54, 1.807) is 0 Å². The van der Waals surface area contributed by atoms with Crippen molar-refractivity contribution in [2.75, 3.05) is 9.80 Å². The van der Waals surface area contributed by atoms with E-state index in [1.807, 2.05) is 0 Å². The molecule has 0 saturated carbocycles. The van der Waals surface area contributed by atoms with Gasteiger partial charge in [0.25, 0.3) is 6.71 Å². The van der Waals surface area contributed by atoms with Crippen LogP contribution in [0.1, 0.15) is 63.8 Å². The van der Waals surface area contributed by atoms with Crippen molar-refractivity contribution in [2.45, 2.75) is 66.2 Å². The standard InChI is InChI=1S/C40H40BBrN2/c1-25-9-15-30(16-10-25)44-35-20-11-26(2)23-31(35)41-32-24-28(40(6,7)8)14-21-34(32)43(36-22-19-33(42)38(44)37(36)41)29-17-12-27(13-18-29)39(3,4)5/h9-24H,1-8H3. The Morgan fingerprint density at radius 2 is 1.02 bits per heavy atom. The predicted octanol–water partition coefficient (Wildman–Crippen LogP) is 9.74. The highest BCUT2D eigenvalue weighted by molar-refractivity contribution is 9.10. The minimum absolute atomic E-state index is 0.0344. The molecule has 5 aromatic rings. The number of aryl methyl sites for hydroxylation is 2. The van der Waals surface area contributed by atoms with Gasteiger partial charge >= 0.3 is 0 Å². The largest absolute Gasteiger partial charge is 0.311 e. The smallest absolute Gasteiger partial charge is 0.252 e. The lowest BCUT2D eigenvalue weighted by Gasteiger charge is -2.45. The molecule has 0 saturated heterocycles. The third-order valence-electron chi connectivity index (χ3n) is 9.36. The lowest BCUT2D eigenvalue weighted by molar-refractivity contribution is 0.590. The maximum absolute atomic E-state index is 4.05. The molecular formula is C40H40BBrN2. The van der Waals surface area contributed by atoms with Crippen molar-refractivity contribution < 1.29 is 0 Å². The van der Waals surface area contributed by atoms with Crippen LogP contribution in [-0.2, 0) is 10.8 Å². The van der Waals surface area contributed by atoms with Gasteiger partial charge in [-0.15, -0.1) is 0 Å². The number of halogens is 1. The second-order valence-corrected chi connectivity index (χ2v) is 15.5. The van der Waals surface area contributed by atoms with Crippen molar-refractivity contribution in [3.05, 3.63) is 124 Å². The second-order valence-electron chi connectivity index (χ2n) is 14.7. The van der Waals surface area contributed by atoms with E-state index in [4.69, 9.17) is 0 Å². The number of fused-ring (bicyclic) bond motifs is 4. The van der Waals surface area contributed by atoms with Crippen molar-refractivity contribution >= 4 is 73.2 Å². The third-order valence-corrected chi connectivity index (χ3v) is 10.0. The summed E-state index contributed by atoms with van der Waals surface area (Å²) in [6.45, 7) is 18.3. The first kappa shape index (κ1) is 29.0. The summed E-state index contributed by atoms with van der Waals surface area (Å²) in [5.41, 5.74) is 16.7. The number of hydrogen-bond acceptors (Lipinski definition) is 2. The third kappa shape index (κ3) is 4.61. The van der Waals surface area contributed by atoms with Crippen molar-refractivity contribution in [3.63, 3.8) is 0 Å². The molecule has 0 N–H and O–H groups in total. The molecule has 5 aromatic carbocycles. The molecule has 7 rings (SSSR count). The Morgan fingerprint density at radius 3 is 1.68 bits per heavy atom. The van der Waals surface area contributed by atoms with E-state index >= 15 is 0 Å². The summed E-state index contributed by atoms with van der Waals surface area (Å²) in [7, 11) is 0. The first-order valence-electron chi connectivity index (χ1n) is 15.7. The fourth-order valence-corrected chi connectivity index (χ4v) is 7.44. The van der Waals surface area contributed by atoms with E-state index in [0.29, 0.717) is 0 Å². The van der Waals surface area contributed by atoms with Gasteiger partial charge in [-0.25, -0.2) is 0 Å². The molecule has 0 atom stereocenters. The van der Waals surface area contributed by atoms with E-state index in [9.17, 15) is 0 Å². The van der Waals surface area contributed by atoms with Gasteiger partial charge in [0.15, 0.2) is 0 Å². The van der Waals surface area contributed by atoms with E-state index in [0.717, 1.165) is 4.47 Å². The number of hydrogen-bond donors (Lipinski definition) is 0. The molecule has 4 heteroatoms. The molecule has 220 valence electrons. The van der Waals surface area contributed by atoms with Gasteiger partial charge in [0.2, 0.25) is 0 Å². The maximum Gasteiger partial charge on any atom is 0.252 e. The summed E-state index contributed by atoms with van der Waals surface area (Å²) in [5.74, 6) is 0. The van der Waals surface area contributed by atoms with Crippen LogP contribution in [0.5, 0.6) is 0 Å². The van der Waals surface area contributed by atoms with Gasteiger partial charge < -0.3 is 9.80 Å². The topological polar surface area (TPSA) is 6.48 Å². The van der Waals surface area contributed by atoms with Crippen LogP contribution in [0, 0.1) is 13.8 Å². The van der Waals surface area contributed by atoms with Crippen LogP contribution in [-0.4, -0.2) is 6.71 Å². The fourth-order valence-electron chi connectivity index (χ4n) is 6.92. The summed E-state index contributed by atoms with van der Waals surface area (Å²) in [6, 6.07) is 36.8. The molecule has 2 aliphatic heterocycles. The Hall–Kier alpha value is -3.76. The molecular weight excluding hydrogens is 599 g/mol. The van der Waals surface area contributed by atoms with Crippen LogP contribution < -0.4 is 26.2 Å². The Morgan fingerprint density at radius 1 is 0.523 bits per heavy atom. The van der Waals surface area contributed by atoms with Gasteiger partial charge in [-0.1, -0.05) is 101 Å². The van der Waals surface area contributed by atoms with Gasteiger partial charge in [-0.2, -0.15) is 0 Å². The fraction of sp³-hybridized carbons (Fsp3) is 0.250. The first-order chi connectivity index (χ1) is 20.8. The quantitative estimate of drug-likeness (QED) is 0.174. The summed E-state index contributed by atoms with van der Waals surface area (Å²) in [5, 5.41) is 0. The highest BCUT2D eigenvalue weighted by Crippen LogP contribution is 2.47. The SMILES string of the molecule is Cc1ccc(N2c3ccc(C)cc3B3c4cc(C(C)(C)C)ccc4N(c4ccc(C(C)(C)C)cc4)c4ccc(Br)c2c43)cc1. The molecule has 0 aromatic heterocycles. The molecule has 0 unspecified atom stereocenters. The maximum atomic E-state index is 4.05. The highest BCUT2D eigenvalue weighted by atomic mass is 79.9. The Bertz CT molecular complexity index is 1910. The summed E-state index contributed by atoms with van der Waals surface area (Å²) in [4.78, 5) is 4.96. The average Bonchev–Trinajstić information content (AvgIpc) is 2.97. The van der Waals surface area contributed by atoms with E-state index in [1.165, 1.54) is 72.8 Å². The number of rotatable bonds is 2. The van der Waals surface area contributed by atoms with Crippen molar-refractivity contribution in [1.82, 2.24) is 0 Å². The van der Waals surface area contributed by atoms with Crippen LogP contribution >= 0.6 is 15.9 Å². The van der Waals surface area contributed by atoms with Gasteiger partial charge in [0.05, 0.1) is 5.69 Å². The molecule has 0 bridgehead atoms. The zero-order chi connectivity index (χ0) is 31.1. The minimum atomic E-state index is 0.0344. The van der Waals surface area contributed by atoms with E-state index in [2.05, 4.69) is 178 Å². The highest BCUT2D eigenvalue weighted by Gasteiger charge is 2.44. The molecule has 0 amide bonds. The molecule has 44 heavy (non-hydrogen) atoms. The lowest BCUT2D eigenvalue weighted by Crippen LogP contribution is -2.61. The van der Waals surface area contributed by atoms with Gasteiger partial charge in [0.1, 0.15) is 0 Å². The van der Waals surface area contributed by atoms with E-state index in [-0.39, 0.29) is 17.5 Å². The van der Waals surface area contributed by atoms with Crippen molar-refractivity contribution in [1.29, 1.82) is 0 Å². The summed E-state index contributed by atoms with van der Waals surface area (Å²) < 4.78 is 1.10. The molecule has 0 radical (unpaired) electrons. The lowest BCUT2D eigenvalue weighted by atomic mass is 9.33. The van der Waals surface area contributed by atoms with Crippen LogP contribution in [0.2, 0.25) is 0 Å². The Balaban J connectivity index is 1.57. The molecule has 0 fully saturated rings. The summed E-state index contributed by atoms with van der Waals surface area (Å²) >= 11 is 4.05. The average molecular weight is 639 g/mol. The predicted molar refractivity (Wildman–Crippen MR) is 195 cm³/mol. The number of nitrogens with zero attached hydrogens (tertiary/aromatic N) is 2.